The summed E-state index contributed by atoms with van der Waals surface area (Å²) in [6.45, 7) is 8.81. The van der Waals surface area contributed by atoms with Gasteiger partial charge in [0.05, 0.1) is 12.0 Å². The SMILES string of the molecule is COC1(C)CCCN(C(=O)CCC(=O)OC(C)(C)C)C1. The van der Waals surface area contributed by atoms with E-state index in [0.717, 1.165) is 19.4 Å². The van der Waals surface area contributed by atoms with E-state index in [1.165, 1.54) is 0 Å². The van der Waals surface area contributed by atoms with Crippen molar-refractivity contribution < 1.29 is 19.1 Å². The summed E-state index contributed by atoms with van der Waals surface area (Å²) < 4.78 is 10.7. The Labute approximate surface area is 121 Å². The molecule has 0 radical (unpaired) electrons. The monoisotopic (exact) mass is 285 g/mol. The van der Waals surface area contributed by atoms with Gasteiger partial charge in [0, 0.05) is 26.6 Å². The molecule has 1 saturated heterocycles. The zero-order valence-corrected chi connectivity index (χ0v) is 13.3. The first-order chi connectivity index (χ1) is 9.15. The molecule has 5 heteroatoms. The summed E-state index contributed by atoms with van der Waals surface area (Å²) in [5, 5.41) is 0. The topological polar surface area (TPSA) is 55.8 Å². The normalized spacial score (nSPS) is 23.6. The van der Waals surface area contributed by atoms with Crippen molar-refractivity contribution in [3.63, 3.8) is 0 Å². The average Bonchev–Trinajstić information content (AvgIpc) is 2.34. The molecule has 1 aliphatic heterocycles. The number of carbonyl (C=O) groups excluding carboxylic acids is 2. The summed E-state index contributed by atoms with van der Waals surface area (Å²) in [5.74, 6) is -0.323. The van der Waals surface area contributed by atoms with Crippen LogP contribution in [0.3, 0.4) is 0 Å². The summed E-state index contributed by atoms with van der Waals surface area (Å²) in [4.78, 5) is 25.5. The Morgan fingerprint density at radius 3 is 2.45 bits per heavy atom. The number of esters is 1. The van der Waals surface area contributed by atoms with Gasteiger partial charge in [0.15, 0.2) is 0 Å². The van der Waals surface area contributed by atoms with Gasteiger partial charge in [-0.15, -0.1) is 0 Å². The van der Waals surface area contributed by atoms with Crippen LogP contribution in [0.25, 0.3) is 0 Å². The minimum atomic E-state index is -0.500. The van der Waals surface area contributed by atoms with Gasteiger partial charge in [-0.2, -0.15) is 0 Å². The molecule has 116 valence electrons. The second-order valence-electron chi connectivity index (χ2n) is 6.66. The molecule has 20 heavy (non-hydrogen) atoms. The Morgan fingerprint density at radius 2 is 1.90 bits per heavy atom. The summed E-state index contributed by atoms with van der Waals surface area (Å²) in [6.07, 6.45) is 2.23. The Kier molecular flexibility index (Phi) is 5.57. The summed E-state index contributed by atoms with van der Waals surface area (Å²) in [5.41, 5.74) is -0.764. The first-order valence-electron chi connectivity index (χ1n) is 7.20. The van der Waals surface area contributed by atoms with E-state index in [1.54, 1.807) is 12.0 Å². The van der Waals surface area contributed by atoms with E-state index < -0.39 is 5.60 Å². The molecule has 0 spiro atoms. The molecule has 0 aromatic rings. The maximum Gasteiger partial charge on any atom is 0.306 e. The van der Waals surface area contributed by atoms with Gasteiger partial charge in [-0.05, 0) is 40.5 Å². The van der Waals surface area contributed by atoms with Crippen molar-refractivity contribution in [1.82, 2.24) is 4.90 Å². The fraction of sp³-hybridized carbons (Fsp3) is 0.867. The van der Waals surface area contributed by atoms with E-state index in [9.17, 15) is 9.59 Å². The number of nitrogens with zero attached hydrogens (tertiary/aromatic N) is 1. The Hall–Kier alpha value is -1.10. The lowest BCUT2D eigenvalue weighted by molar-refractivity contribution is -0.157. The third-order valence-corrected chi connectivity index (χ3v) is 3.47. The molecule has 1 atom stereocenters. The summed E-state index contributed by atoms with van der Waals surface area (Å²) in [7, 11) is 1.68. The largest absolute Gasteiger partial charge is 0.460 e. The van der Waals surface area contributed by atoms with E-state index in [0.29, 0.717) is 6.54 Å². The minimum Gasteiger partial charge on any atom is -0.460 e. The lowest BCUT2D eigenvalue weighted by Crippen LogP contribution is -2.49. The predicted molar refractivity (Wildman–Crippen MR) is 76.3 cm³/mol. The minimum absolute atomic E-state index is 0.00108. The van der Waals surface area contributed by atoms with E-state index >= 15 is 0 Å². The molecule has 0 N–H and O–H groups in total. The van der Waals surface area contributed by atoms with Crippen molar-refractivity contribution in [2.24, 2.45) is 0 Å². The zero-order chi connectivity index (χ0) is 15.4. The van der Waals surface area contributed by atoms with Crippen LogP contribution < -0.4 is 0 Å². The number of ether oxygens (including phenoxy) is 2. The van der Waals surface area contributed by atoms with Gasteiger partial charge in [0.1, 0.15) is 5.60 Å². The highest BCUT2D eigenvalue weighted by atomic mass is 16.6. The number of likely N-dealkylation sites (tertiary alicyclic amines) is 1. The lowest BCUT2D eigenvalue weighted by atomic mass is 9.94. The van der Waals surface area contributed by atoms with Crippen LogP contribution in [0.15, 0.2) is 0 Å². The number of carbonyl (C=O) groups is 2. The van der Waals surface area contributed by atoms with Crippen LogP contribution in [-0.4, -0.2) is 48.2 Å². The zero-order valence-electron chi connectivity index (χ0n) is 13.3. The number of amides is 1. The quantitative estimate of drug-likeness (QED) is 0.743. The maximum absolute atomic E-state index is 12.1. The van der Waals surface area contributed by atoms with Crippen LogP contribution in [0.4, 0.5) is 0 Å². The molecule has 1 rings (SSSR count). The van der Waals surface area contributed by atoms with Gasteiger partial charge < -0.3 is 14.4 Å². The van der Waals surface area contributed by atoms with Crippen LogP contribution in [0, 0.1) is 0 Å². The van der Waals surface area contributed by atoms with Gasteiger partial charge >= 0.3 is 5.97 Å². The number of hydrogen-bond donors (Lipinski definition) is 0. The molecule has 1 aliphatic rings. The molecular formula is C15H27NO4. The number of piperidine rings is 1. The second-order valence-corrected chi connectivity index (χ2v) is 6.66. The number of hydrogen-bond acceptors (Lipinski definition) is 4. The van der Waals surface area contributed by atoms with E-state index in [1.807, 2.05) is 27.7 Å². The van der Waals surface area contributed by atoms with E-state index in [-0.39, 0.29) is 30.3 Å². The van der Waals surface area contributed by atoms with Gasteiger partial charge in [0.25, 0.3) is 0 Å². The molecule has 0 aliphatic carbocycles. The highest BCUT2D eigenvalue weighted by Crippen LogP contribution is 2.24. The van der Waals surface area contributed by atoms with Crippen LogP contribution >= 0.6 is 0 Å². The van der Waals surface area contributed by atoms with Crippen LogP contribution in [0.1, 0.15) is 53.4 Å². The predicted octanol–water partition coefficient (Wildman–Crippen LogP) is 2.14. The average molecular weight is 285 g/mol. The fourth-order valence-corrected chi connectivity index (χ4v) is 2.34. The van der Waals surface area contributed by atoms with Crippen molar-refractivity contribution in [1.29, 1.82) is 0 Å². The van der Waals surface area contributed by atoms with E-state index in [4.69, 9.17) is 9.47 Å². The van der Waals surface area contributed by atoms with Crippen LogP contribution in [0.5, 0.6) is 0 Å². The Balaban J connectivity index is 2.41. The first kappa shape index (κ1) is 17.0. The van der Waals surface area contributed by atoms with E-state index in [2.05, 4.69) is 0 Å². The summed E-state index contributed by atoms with van der Waals surface area (Å²) >= 11 is 0. The molecule has 0 saturated carbocycles. The number of methoxy groups -OCH3 is 1. The van der Waals surface area contributed by atoms with Gasteiger partial charge in [0.2, 0.25) is 5.91 Å². The third kappa shape index (κ3) is 5.49. The van der Waals surface area contributed by atoms with Crippen LogP contribution in [-0.2, 0) is 19.1 Å². The Bertz CT molecular complexity index is 361. The van der Waals surface area contributed by atoms with Gasteiger partial charge in [-0.25, -0.2) is 0 Å². The molecule has 1 heterocycles. The fourth-order valence-electron chi connectivity index (χ4n) is 2.34. The molecule has 0 bridgehead atoms. The second kappa shape index (κ2) is 6.57. The lowest BCUT2D eigenvalue weighted by Gasteiger charge is -2.39. The van der Waals surface area contributed by atoms with Crippen molar-refractivity contribution in [3.05, 3.63) is 0 Å². The standard InChI is InChI=1S/C15H27NO4/c1-14(2,3)20-13(18)8-7-12(17)16-10-6-9-15(4,11-16)19-5/h6-11H2,1-5H3. The molecule has 1 amide bonds. The van der Waals surface area contributed by atoms with Crippen molar-refractivity contribution in [3.8, 4) is 0 Å². The molecule has 5 nitrogen and oxygen atoms in total. The Morgan fingerprint density at radius 1 is 1.25 bits per heavy atom. The van der Waals surface area contributed by atoms with Gasteiger partial charge in [-0.1, -0.05) is 0 Å². The number of rotatable bonds is 4. The molecule has 1 fully saturated rings. The molecular weight excluding hydrogens is 258 g/mol. The van der Waals surface area contributed by atoms with Crippen molar-refractivity contribution in [2.45, 2.75) is 64.6 Å². The molecule has 0 aromatic heterocycles. The maximum atomic E-state index is 12.1. The summed E-state index contributed by atoms with van der Waals surface area (Å²) in [6, 6.07) is 0. The molecule has 1 unspecified atom stereocenters. The molecule has 0 aromatic carbocycles. The first-order valence-corrected chi connectivity index (χ1v) is 7.20. The smallest absolute Gasteiger partial charge is 0.306 e. The highest BCUT2D eigenvalue weighted by Gasteiger charge is 2.33. The van der Waals surface area contributed by atoms with Crippen molar-refractivity contribution in [2.75, 3.05) is 20.2 Å². The van der Waals surface area contributed by atoms with Gasteiger partial charge in [-0.3, -0.25) is 9.59 Å². The third-order valence-electron chi connectivity index (χ3n) is 3.47. The van der Waals surface area contributed by atoms with Crippen LogP contribution in [0.2, 0.25) is 0 Å². The van der Waals surface area contributed by atoms with Crippen molar-refractivity contribution >= 4 is 11.9 Å². The highest BCUT2D eigenvalue weighted by molar-refractivity contribution is 5.81.